The Morgan fingerprint density at radius 1 is 1.53 bits per heavy atom. The average Bonchev–Trinajstić information content (AvgIpc) is 2.75. The number of aliphatic carboxylic acids is 1. The van der Waals surface area contributed by atoms with E-state index in [0.717, 1.165) is 17.7 Å². The normalized spacial score (nSPS) is 11.9. The van der Waals surface area contributed by atoms with Gasteiger partial charge in [-0.15, -0.1) is 11.3 Å². The Morgan fingerprint density at radius 3 is 2.74 bits per heavy atom. The molecule has 1 atom stereocenters. The van der Waals surface area contributed by atoms with Crippen molar-refractivity contribution in [1.29, 1.82) is 0 Å². The van der Waals surface area contributed by atoms with Gasteiger partial charge in [0.25, 0.3) is 5.91 Å². The van der Waals surface area contributed by atoms with Crippen LogP contribution in [-0.2, 0) is 4.79 Å². The maximum absolute atomic E-state index is 12.1. The van der Waals surface area contributed by atoms with Crippen molar-refractivity contribution >= 4 is 23.2 Å². The molecule has 1 heterocycles. The van der Waals surface area contributed by atoms with Crippen LogP contribution in [-0.4, -0.2) is 30.1 Å². The van der Waals surface area contributed by atoms with Crippen molar-refractivity contribution in [3.63, 3.8) is 0 Å². The number of rotatable bonds is 7. The fourth-order valence-corrected chi connectivity index (χ4v) is 2.57. The molecular formula is C13H19NO4S. The lowest BCUT2D eigenvalue weighted by Crippen LogP contribution is -2.40. The number of amides is 1. The largest absolute Gasteiger partial charge is 0.495 e. The Labute approximate surface area is 116 Å². The van der Waals surface area contributed by atoms with Crippen LogP contribution < -0.4 is 10.1 Å². The van der Waals surface area contributed by atoms with Gasteiger partial charge in [-0.3, -0.25) is 4.79 Å². The van der Waals surface area contributed by atoms with E-state index in [1.807, 2.05) is 13.8 Å². The molecule has 1 aromatic rings. The number of carbonyl (C=O) groups is 2. The second kappa shape index (κ2) is 7.13. The Bertz CT molecular complexity index is 455. The highest BCUT2D eigenvalue weighted by Crippen LogP contribution is 2.28. The SMILES string of the molecule is CCCC[C@H](NC(=O)c1sc(C)cc1OC)C(=O)O. The molecule has 19 heavy (non-hydrogen) atoms. The first kappa shape index (κ1) is 15.5. The first-order valence-electron chi connectivity index (χ1n) is 6.17. The zero-order chi connectivity index (χ0) is 14.4. The molecule has 5 nitrogen and oxygen atoms in total. The fourth-order valence-electron chi connectivity index (χ4n) is 1.69. The first-order valence-corrected chi connectivity index (χ1v) is 6.99. The minimum atomic E-state index is -1.01. The van der Waals surface area contributed by atoms with E-state index in [9.17, 15) is 9.59 Å². The molecule has 0 unspecified atom stereocenters. The molecule has 0 aliphatic carbocycles. The number of nitrogens with one attached hydrogen (secondary N) is 1. The summed E-state index contributed by atoms with van der Waals surface area (Å²) in [6.07, 6.45) is 2.09. The van der Waals surface area contributed by atoms with Gasteiger partial charge >= 0.3 is 5.97 Å². The van der Waals surface area contributed by atoms with Gasteiger partial charge in [0.05, 0.1) is 7.11 Å². The lowest BCUT2D eigenvalue weighted by molar-refractivity contribution is -0.139. The third kappa shape index (κ3) is 4.24. The van der Waals surface area contributed by atoms with Crippen molar-refractivity contribution in [2.45, 2.75) is 39.2 Å². The minimum absolute atomic E-state index is 0.390. The van der Waals surface area contributed by atoms with Crippen molar-refractivity contribution in [2.24, 2.45) is 0 Å². The topological polar surface area (TPSA) is 75.6 Å². The number of methoxy groups -OCH3 is 1. The van der Waals surface area contributed by atoms with E-state index in [-0.39, 0.29) is 0 Å². The van der Waals surface area contributed by atoms with Crippen LogP contribution in [0.15, 0.2) is 6.07 Å². The third-order valence-electron chi connectivity index (χ3n) is 2.70. The summed E-state index contributed by atoms with van der Waals surface area (Å²) in [7, 11) is 1.49. The van der Waals surface area contributed by atoms with Crippen molar-refractivity contribution in [1.82, 2.24) is 5.32 Å². The average molecular weight is 285 g/mol. The van der Waals surface area contributed by atoms with Crippen LogP contribution in [0.25, 0.3) is 0 Å². The number of thiophene rings is 1. The van der Waals surface area contributed by atoms with E-state index in [1.165, 1.54) is 18.4 Å². The number of carboxylic acid groups (broad SMARTS) is 1. The molecule has 1 aromatic heterocycles. The molecule has 0 aromatic carbocycles. The lowest BCUT2D eigenvalue weighted by Gasteiger charge is -2.13. The molecule has 0 aliphatic rings. The predicted octanol–water partition coefficient (Wildman–Crippen LogP) is 2.44. The monoisotopic (exact) mass is 285 g/mol. The van der Waals surface area contributed by atoms with E-state index < -0.39 is 17.9 Å². The maximum atomic E-state index is 12.1. The highest BCUT2D eigenvalue weighted by atomic mass is 32.1. The van der Waals surface area contributed by atoms with Crippen molar-refractivity contribution in [3.05, 3.63) is 15.8 Å². The van der Waals surface area contributed by atoms with Gasteiger partial charge in [-0.25, -0.2) is 4.79 Å². The van der Waals surface area contributed by atoms with Gasteiger partial charge in [-0.2, -0.15) is 0 Å². The van der Waals surface area contributed by atoms with Gasteiger partial charge in [0, 0.05) is 4.88 Å². The van der Waals surface area contributed by atoms with E-state index in [4.69, 9.17) is 9.84 Å². The predicted molar refractivity (Wildman–Crippen MR) is 74.0 cm³/mol. The zero-order valence-electron chi connectivity index (χ0n) is 11.4. The number of carbonyl (C=O) groups excluding carboxylic acids is 1. The van der Waals surface area contributed by atoms with E-state index in [0.29, 0.717) is 17.0 Å². The van der Waals surface area contributed by atoms with Gasteiger partial charge in [0.15, 0.2) is 0 Å². The molecule has 6 heteroatoms. The van der Waals surface area contributed by atoms with Gasteiger partial charge in [-0.05, 0) is 19.4 Å². The van der Waals surface area contributed by atoms with E-state index in [1.54, 1.807) is 6.07 Å². The van der Waals surface area contributed by atoms with Crippen LogP contribution in [0.5, 0.6) is 5.75 Å². The van der Waals surface area contributed by atoms with Crippen molar-refractivity contribution < 1.29 is 19.4 Å². The Balaban J connectivity index is 2.78. The smallest absolute Gasteiger partial charge is 0.326 e. The summed E-state index contributed by atoms with van der Waals surface area (Å²) in [5.41, 5.74) is 0. The second-order valence-corrected chi connectivity index (χ2v) is 5.52. The number of aryl methyl sites for hydroxylation is 1. The Morgan fingerprint density at radius 2 is 2.21 bits per heavy atom. The molecular weight excluding hydrogens is 266 g/mol. The molecule has 0 spiro atoms. The number of carboxylic acids is 1. The highest BCUT2D eigenvalue weighted by Gasteiger charge is 2.23. The molecule has 0 radical (unpaired) electrons. The van der Waals surface area contributed by atoms with E-state index >= 15 is 0 Å². The summed E-state index contributed by atoms with van der Waals surface area (Å²) in [5.74, 6) is -0.910. The van der Waals surface area contributed by atoms with E-state index in [2.05, 4.69) is 5.32 Å². The summed E-state index contributed by atoms with van der Waals surface area (Å²) < 4.78 is 5.11. The fraction of sp³-hybridized carbons (Fsp3) is 0.538. The summed E-state index contributed by atoms with van der Waals surface area (Å²) in [6.45, 7) is 3.85. The van der Waals surface area contributed by atoms with Crippen LogP contribution in [0.3, 0.4) is 0 Å². The van der Waals surface area contributed by atoms with Gasteiger partial charge < -0.3 is 15.2 Å². The number of hydrogen-bond donors (Lipinski definition) is 2. The summed E-state index contributed by atoms with van der Waals surface area (Å²) in [5, 5.41) is 11.6. The van der Waals surface area contributed by atoms with Crippen LogP contribution in [0.4, 0.5) is 0 Å². The highest BCUT2D eigenvalue weighted by molar-refractivity contribution is 7.14. The van der Waals surface area contributed by atoms with Crippen LogP contribution in [0.1, 0.15) is 40.7 Å². The van der Waals surface area contributed by atoms with Crippen molar-refractivity contribution in [3.8, 4) is 5.75 Å². The van der Waals surface area contributed by atoms with Crippen LogP contribution >= 0.6 is 11.3 Å². The quantitative estimate of drug-likeness (QED) is 0.806. The molecule has 1 amide bonds. The standard InChI is InChI=1S/C13H19NO4S/c1-4-5-6-9(13(16)17)14-12(15)11-10(18-3)7-8(2)19-11/h7,9H,4-6H2,1-3H3,(H,14,15)(H,16,17)/t9-/m0/s1. The van der Waals surface area contributed by atoms with Crippen LogP contribution in [0, 0.1) is 6.92 Å². The number of ether oxygens (including phenoxy) is 1. The molecule has 1 rings (SSSR count). The lowest BCUT2D eigenvalue weighted by atomic mass is 10.1. The first-order chi connectivity index (χ1) is 8.99. The Kier molecular flexibility index (Phi) is 5.82. The molecule has 0 saturated heterocycles. The maximum Gasteiger partial charge on any atom is 0.326 e. The van der Waals surface area contributed by atoms with Gasteiger partial charge in [-0.1, -0.05) is 19.8 Å². The zero-order valence-corrected chi connectivity index (χ0v) is 12.2. The summed E-state index contributed by atoms with van der Waals surface area (Å²) in [6, 6.07) is 0.918. The molecule has 0 aliphatic heterocycles. The molecule has 2 N–H and O–H groups in total. The number of unbranched alkanes of at least 4 members (excludes halogenated alkanes) is 1. The molecule has 0 fully saturated rings. The number of hydrogen-bond acceptors (Lipinski definition) is 4. The molecule has 106 valence electrons. The molecule has 0 bridgehead atoms. The summed E-state index contributed by atoms with van der Waals surface area (Å²) in [4.78, 5) is 24.5. The minimum Gasteiger partial charge on any atom is -0.495 e. The Hall–Kier alpha value is -1.56. The van der Waals surface area contributed by atoms with Gasteiger partial charge in [0.1, 0.15) is 16.7 Å². The summed E-state index contributed by atoms with van der Waals surface area (Å²) >= 11 is 1.29. The van der Waals surface area contributed by atoms with Crippen LogP contribution in [0.2, 0.25) is 0 Å². The third-order valence-corrected chi connectivity index (χ3v) is 3.73. The second-order valence-electron chi connectivity index (χ2n) is 4.26. The van der Waals surface area contributed by atoms with Crippen molar-refractivity contribution in [2.75, 3.05) is 7.11 Å². The van der Waals surface area contributed by atoms with Gasteiger partial charge in [0.2, 0.25) is 0 Å². The molecule has 0 saturated carbocycles.